The highest BCUT2D eigenvalue weighted by Crippen LogP contribution is 2.45. The molecule has 2 aromatic rings. The Balaban J connectivity index is 1.63. The first-order chi connectivity index (χ1) is 12.9. The maximum atomic E-state index is 12.5. The number of aldehydes is 1. The molecule has 9 heteroatoms. The molecule has 27 heavy (non-hydrogen) atoms. The largest absolute Gasteiger partial charge is 0.440 e. The Morgan fingerprint density at radius 3 is 2.89 bits per heavy atom. The van der Waals surface area contributed by atoms with E-state index in [4.69, 9.17) is 0 Å². The summed E-state index contributed by atoms with van der Waals surface area (Å²) in [5, 5.41) is 7.30. The van der Waals surface area contributed by atoms with Crippen LogP contribution in [0.1, 0.15) is 25.0 Å². The van der Waals surface area contributed by atoms with Crippen molar-refractivity contribution in [1.82, 2.24) is 14.6 Å². The molecule has 0 saturated heterocycles. The molecule has 2 heterocycles. The number of hydrogen-bond donors (Lipinski definition) is 1. The lowest BCUT2D eigenvalue weighted by Gasteiger charge is -2.17. The van der Waals surface area contributed by atoms with E-state index in [2.05, 4.69) is 20.1 Å². The Labute approximate surface area is 152 Å². The Kier molecular flexibility index (Phi) is 4.01. The third-order valence-electron chi connectivity index (χ3n) is 4.74. The molecular formula is C18H16F2N4O3. The van der Waals surface area contributed by atoms with Gasteiger partial charge in [0, 0.05) is 24.3 Å². The number of carbonyl (C=O) groups excluding carboxylic acids is 2. The van der Waals surface area contributed by atoms with Gasteiger partial charge in [0.2, 0.25) is 0 Å². The van der Waals surface area contributed by atoms with Crippen molar-refractivity contribution in [2.24, 2.45) is 0 Å². The van der Waals surface area contributed by atoms with Crippen LogP contribution in [0.5, 0.6) is 0 Å². The highest BCUT2D eigenvalue weighted by molar-refractivity contribution is 6.37. The van der Waals surface area contributed by atoms with Crippen molar-refractivity contribution in [1.29, 1.82) is 0 Å². The van der Waals surface area contributed by atoms with Crippen molar-refractivity contribution in [2.75, 3.05) is 5.32 Å². The summed E-state index contributed by atoms with van der Waals surface area (Å²) in [5.74, 6) is 0.361. The molecule has 1 unspecified atom stereocenters. The number of rotatable bonds is 5. The first kappa shape index (κ1) is 17.3. The number of halogens is 2. The van der Waals surface area contributed by atoms with Crippen LogP contribution in [0.15, 0.2) is 41.3 Å². The number of nitrogens with zero attached hydrogens (tertiary/aromatic N) is 3. The second kappa shape index (κ2) is 6.26. The minimum absolute atomic E-state index is 0.204. The predicted octanol–water partition coefficient (Wildman–Crippen LogP) is 2.57. The number of ether oxygens (including phenoxy) is 1. The van der Waals surface area contributed by atoms with Gasteiger partial charge in [0.25, 0.3) is 0 Å². The summed E-state index contributed by atoms with van der Waals surface area (Å²) in [6.45, 7) is -1.05. The van der Waals surface area contributed by atoms with Crippen LogP contribution >= 0.6 is 0 Å². The molecule has 1 saturated carbocycles. The van der Waals surface area contributed by atoms with Crippen LogP contribution in [0.4, 0.5) is 14.6 Å². The number of nitrogens with one attached hydrogen (secondary N) is 1. The van der Waals surface area contributed by atoms with Crippen molar-refractivity contribution >= 4 is 23.5 Å². The monoisotopic (exact) mass is 374 g/mol. The fraction of sp³-hybridized carbons (Fsp3) is 0.333. The number of alkyl halides is 2. The standard InChI is InChI=1S/C18H16F2N4O3/c1-10-8-14-21-7-6-13(24(14)23-10)22-18(9-25)15(16(18)26)11-2-4-12(5-3-11)27-17(19)20/h4,6-9,17,22H,2-3,5H2,1H3. The molecule has 2 aromatic heterocycles. The summed E-state index contributed by atoms with van der Waals surface area (Å²) in [6, 6.07) is 3.41. The van der Waals surface area contributed by atoms with E-state index in [1.165, 1.54) is 10.6 Å². The molecule has 0 radical (unpaired) electrons. The molecule has 2 aliphatic carbocycles. The van der Waals surface area contributed by atoms with Crippen LogP contribution in [0.2, 0.25) is 0 Å². The molecule has 0 spiro atoms. The molecule has 2 aliphatic rings. The van der Waals surface area contributed by atoms with Gasteiger partial charge in [-0.25, -0.2) is 4.98 Å². The van der Waals surface area contributed by atoms with Gasteiger partial charge in [-0.2, -0.15) is 18.4 Å². The van der Waals surface area contributed by atoms with Gasteiger partial charge in [-0.3, -0.25) is 9.59 Å². The zero-order valence-electron chi connectivity index (χ0n) is 14.4. The van der Waals surface area contributed by atoms with Gasteiger partial charge in [0.05, 0.1) is 11.5 Å². The molecule has 0 amide bonds. The minimum atomic E-state index is -2.87. The fourth-order valence-electron chi connectivity index (χ4n) is 3.44. The molecule has 1 fully saturated rings. The first-order valence-corrected chi connectivity index (χ1v) is 8.41. The smallest absolute Gasteiger partial charge is 0.387 e. The number of anilines is 1. The maximum absolute atomic E-state index is 12.5. The van der Waals surface area contributed by atoms with Crippen molar-refractivity contribution < 1.29 is 23.1 Å². The molecule has 0 aliphatic heterocycles. The number of aryl methyl sites for hydroxylation is 1. The second-order valence-electron chi connectivity index (χ2n) is 6.50. The third kappa shape index (κ3) is 2.88. The van der Waals surface area contributed by atoms with Crippen LogP contribution in [0.25, 0.3) is 5.65 Å². The van der Waals surface area contributed by atoms with Crippen molar-refractivity contribution in [3.8, 4) is 0 Å². The number of ketones is 1. The summed E-state index contributed by atoms with van der Waals surface area (Å²) in [6.07, 6.45) is 4.63. The van der Waals surface area contributed by atoms with Gasteiger partial charge in [-0.15, -0.1) is 0 Å². The number of fused-ring (bicyclic) bond motifs is 1. The van der Waals surface area contributed by atoms with Gasteiger partial charge in [-0.05, 0) is 31.9 Å². The Hall–Kier alpha value is -3.10. The molecule has 140 valence electrons. The molecular weight excluding hydrogens is 358 g/mol. The lowest BCUT2D eigenvalue weighted by atomic mass is 9.97. The average molecular weight is 374 g/mol. The maximum Gasteiger partial charge on any atom is 0.387 e. The number of aromatic nitrogens is 3. The normalized spacial score (nSPS) is 24.9. The molecule has 4 rings (SSSR count). The number of Topliss-reactive ketones (excluding diaryl/α,β-unsaturated/α-hetero) is 1. The van der Waals surface area contributed by atoms with Gasteiger partial charge in [0.15, 0.2) is 23.3 Å². The van der Waals surface area contributed by atoms with Crippen molar-refractivity contribution in [3.63, 3.8) is 0 Å². The van der Waals surface area contributed by atoms with E-state index in [9.17, 15) is 18.4 Å². The Bertz CT molecular complexity index is 1010. The first-order valence-electron chi connectivity index (χ1n) is 8.41. The van der Waals surface area contributed by atoms with Crippen LogP contribution in [-0.4, -0.2) is 38.8 Å². The SMILES string of the molecule is Cc1cc2nccc(NC3(C=O)C(=O)C3=C3CC=C(OC(F)F)CC3)n2n1. The second-order valence-corrected chi connectivity index (χ2v) is 6.50. The summed E-state index contributed by atoms with van der Waals surface area (Å²) < 4.78 is 30.5. The third-order valence-corrected chi connectivity index (χ3v) is 4.74. The van der Waals surface area contributed by atoms with Crippen LogP contribution in [-0.2, 0) is 14.3 Å². The number of carbonyl (C=O) groups is 2. The van der Waals surface area contributed by atoms with Gasteiger partial charge in [0.1, 0.15) is 5.82 Å². The van der Waals surface area contributed by atoms with E-state index in [1.54, 1.807) is 18.3 Å². The molecule has 7 nitrogen and oxygen atoms in total. The number of allylic oxidation sites excluding steroid dienone is 3. The van der Waals surface area contributed by atoms with E-state index in [0.717, 1.165) is 11.3 Å². The van der Waals surface area contributed by atoms with Gasteiger partial charge >= 0.3 is 6.61 Å². The molecule has 0 bridgehead atoms. The van der Waals surface area contributed by atoms with Crippen LogP contribution < -0.4 is 5.32 Å². The highest BCUT2D eigenvalue weighted by Gasteiger charge is 2.62. The van der Waals surface area contributed by atoms with E-state index >= 15 is 0 Å². The predicted molar refractivity (Wildman–Crippen MR) is 91.2 cm³/mol. The van der Waals surface area contributed by atoms with Gasteiger partial charge < -0.3 is 10.1 Å². The summed E-state index contributed by atoms with van der Waals surface area (Å²) in [4.78, 5) is 28.5. The fourth-order valence-corrected chi connectivity index (χ4v) is 3.44. The summed E-state index contributed by atoms with van der Waals surface area (Å²) in [5.41, 5.74) is 1.05. The zero-order valence-corrected chi connectivity index (χ0v) is 14.4. The average Bonchev–Trinajstić information content (AvgIpc) is 3.00. The lowest BCUT2D eigenvalue weighted by molar-refractivity contribution is -0.115. The van der Waals surface area contributed by atoms with E-state index < -0.39 is 12.2 Å². The lowest BCUT2D eigenvalue weighted by Crippen LogP contribution is -2.28. The zero-order chi connectivity index (χ0) is 19.2. The van der Waals surface area contributed by atoms with Crippen LogP contribution in [0.3, 0.4) is 0 Å². The van der Waals surface area contributed by atoms with E-state index in [0.29, 0.717) is 36.2 Å². The van der Waals surface area contributed by atoms with Crippen LogP contribution in [0, 0.1) is 6.92 Å². The quantitative estimate of drug-likeness (QED) is 0.492. The molecule has 1 atom stereocenters. The summed E-state index contributed by atoms with van der Waals surface area (Å²) >= 11 is 0. The summed E-state index contributed by atoms with van der Waals surface area (Å²) in [7, 11) is 0. The molecule has 1 N–H and O–H groups in total. The number of hydrogen-bond acceptors (Lipinski definition) is 6. The Morgan fingerprint density at radius 2 is 2.22 bits per heavy atom. The van der Waals surface area contributed by atoms with Gasteiger partial charge in [-0.1, -0.05) is 5.57 Å². The van der Waals surface area contributed by atoms with Crippen molar-refractivity contribution in [3.05, 3.63) is 47.0 Å². The Morgan fingerprint density at radius 1 is 1.41 bits per heavy atom. The minimum Gasteiger partial charge on any atom is -0.440 e. The topological polar surface area (TPSA) is 85.6 Å². The molecule has 0 aromatic carbocycles. The highest BCUT2D eigenvalue weighted by atomic mass is 19.3. The van der Waals surface area contributed by atoms with E-state index in [-0.39, 0.29) is 18.0 Å². The van der Waals surface area contributed by atoms with E-state index in [1.807, 2.05) is 6.92 Å². The van der Waals surface area contributed by atoms with Crippen molar-refractivity contribution in [2.45, 2.75) is 38.3 Å².